The third-order valence-electron chi connectivity index (χ3n) is 5.07. The number of rotatable bonds is 9. The Kier molecular flexibility index (Phi) is 7.71. The number of imide groups is 1. The summed E-state index contributed by atoms with van der Waals surface area (Å²) in [5.41, 5.74) is 1.20. The van der Waals surface area contributed by atoms with Gasteiger partial charge in [-0.3, -0.25) is 19.3 Å². The molecule has 3 rings (SSSR count). The van der Waals surface area contributed by atoms with Gasteiger partial charge in [-0.05, 0) is 48.7 Å². The highest BCUT2D eigenvalue weighted by atomic mass is 16.5. The quantitative estimate of drug-likeness (QED) is 0.145. The number of nitriles is 1. The number of hydrogen-bond donors (Lipinski definition) is 0. The van der Waals surface area contributed by atoms with Crippen molar-refractivity contribution in [3.8, 4) is 11.8 Å². The first-order chi connectivity index (χ1) is 15.9. The molecule has 0 unspecified atom stereocenters. The maximum absolute atomic E-state index is 12.3. The molecular formula is C25H22N2O6. The van der Waals surface area contributed by atoms with Crippen LogP contribution in [0.25, 0.3) is 6.08 Å². The third-order valence-corrected chi connectivity index (χ3v) is 5.07. The van der Waals surface area contributed by atoms with E-state index < -0.39 is 11.9 Å². The zero-order valence-electron chi connectivity index (χ0n) is 18.1. The second kappa shape index (κ2) is 10.9. The number of amides is 2. The second-order valence-electron chi connectivity index (χ2n) is 7.33. The summed E-state index contributed by atoms with van der Waals surface area (Å²) in [6, 6.07) is 15.0. The van der Waals surface area contributed by atoms with E-state index >= 15 is 0 Å². The molecule has 0 saturated heterocycles. The molecule has 0 bridgehead atoms. The number of hydrogen-bond acceptors (Lipinski definition) is 7. The summed E-state index contributed by atoms with van der Waals surface area (Å²) in [6.07, 6.45) is 3.30. The van der Waals surface area contributed by atoms with Crippen LogP contribution in [-0.2, 0) is 14.3 Å². The normalized spacial score (nSPS) is 12.8. The number of carbonyl (C=O) groups excluding carboxylic acids is 4. The molecule has 1 aliphatic heterocycles. The van der Waals surface area contributed by atoms with Gasteiger partial charge >= 0.3 is 11.9 Å². The van der Waals surface area contributed by atoms with Gasteiger partial charge in [0.15, 0.2) is 0 Å². The molecule has 0 saturated carbocycles. The molecule has 8 nitrogen and oxygen atoms in total. The molecule has 0 N–H and O–H groups in total. The van der Waals surface area contributed by atoms with E-state index in [4.69, 9.17) is 10.00 Å². The van der Waals surface area contributed by atoms with Crippen LogP contribution in [0.2, 0.25) is 0 Å². The summed E-state index contributed by atoms with van der Waals surface area (Å²) >= 11 is 0. The van der Waals surface area contributed by atoms with Gasteiger partial charge in [0.25, 0.3) is 11.8 Å². The summed E-state index contributed by atoms with van der Waals surface area (Å²) < 4.78 is 9.87. The Hall–Kier alpha value is -4.25. The van der Waals surface area contributed by atoms with Gasteiger partial charge in [0.2, 0.25) is 0 Å². The topological polar surface area (TPSA) is 114 Å². The summed E-state index contributed by atoms with van der Waals surface area (Å²) in [7, 11) is 1.19. The largest absolute Gasteiger partial charge is 0.465 e. The lowest BCUT2D eigenvalue weighted by Gasteiger charge is -2.13. The highest BCUT2D eigenvalue weighted by Crippen LogP contribution is 2.23. The Morgan fingerprint density at radius 1 is 1.00 bits per heavy atom. The Bertz CT molecular complexity index is 1130. The van der Waals surface area contributed by atoms with E-state index in [1.807, 2.05) is 0 Å². The Morgan fingerprint density at radius 3 is 2.33 bits per heavy atom. The van der Waals surface area contributed by atoms with Crippen LogP contribution in [0.3, 0.4) is 0 Å². The van der Waals surface area contributed by atoms with Crippen LogP contribution >= 0.6 is 0 Å². The number of benzene rings is 2. The van der Waals surface area contributed by atoms with Gasteiger partial charge in [0, 0.05) is 13.0 Å². The van der Waals surface area contributed by atoms with Gasteiger partial charge in [0.1, 0.15) is 17.4 Å². The fourth-order valence-electron chi connectivity index (χ4n) is 3.42. The number of esters is 2. The summed E-state index contributed by atoms with van der Waals surface area (Å²) in [6.45, 7) is 0.303. The van der Waals surface area contributed by atoms with E-state index in [0.717, 1.165) is 0 Å². The van der Waals surface area contributed by atoms with E-state index in [-0.39, 0.29) is 23.8 Å². The van der Waals surface area contributed by atoms with Gasteiger partial charge in [-0.25, -0.2) is 4.79 Å². The van der Waals surface area contributed by atoms with Crippen molar-refractivity contribution in [2.75, 3.05) is 13.7 Å². The number of carbonyl (C=O) groups is 4. The van der Waals surface area contributed by atoms with Crippen molar-refractivity contribution in [2.24, 2.45) is 0 Å². The molecule has 0 radical (unpaired) electrons. The first-order valence-corrected chi connectivity index (χ1v) is 10.4. The third kappa shape index (κ3) is 5.71. The number of fused-ring (bicyclic) bond motifs is 1. The van der Waals surface area contributed by atoms with Crippen molar-refractivity contribution in [2.45, 2.75) is 25.7 Å². The highest BCUT2D eigenvalue weighted by molar-refractivity contribution is 6.21. The summed E-state index contributed by atoms with van der Waals surface area (Å²) in [5, 5.41) is 9.04. The maximum atomic E-state index is 12.3. The molecule has 0 spiro atoms. The van der Waals surface area contributed by atoms with Gasteiger partial charge in [0.05, 0.1) is 18.2 Å². The molecule has 8 heteroatoms. The molecule has 1 aliphatic rings. The van der Waals surface area contributed by atoms with E-state index in [1.54, 1.807) is 54.6 Å². The molecule has 0 aliphatic carbocycles. The Balaban J connectivity index is 1.44. The van der Waals surface area contributed by atoms with Crippen LogP contribution in [-0.4, -0.2) is 42.3 Å². The maximum Gasteiger partial charge on any atom is 0.348 e. The Morgan fingerprint density at radius 2 is 1.70 bits per heavy atom. The smallest absolute Gasteiger partial charge is 0.348 e. The van der Waals surface area contributed by atoms with Crippen molar-refractivity contribution in [1.82, 2.24) is 4.90 Å². The molecular weight excluding hydrogens is 424 g/mol. The fourth-order valence-corrected chi connectivity index (χ4v) is 3.42. The lowest BCUT2D eigenvalue weighted by atomic mass is 10.1. The van der Waals surface area contributed by atoms with Crippen molar-refractivity contribution < 1.29 is 28.7 Å². The van der Waals surface area contributed by atoms with Gasteiger partial charge < -0.3 is 9.47 Å². The molecule has 0 aromatic heterocycles. The summed E-state index contributed by atoms with van der Waals surface area (Å²) in [4.78, 5) is 49.6. The minimum Gasteiger partial charge on any atom is -0.465 e. The van der Waals surface area contributed by atoms with Gasteiger partial charge in [-0.1, -0.05) is 30.7 Å². The standard InChI is InChI=1S/C25H22N2O6/c1-32-25(31)18(16-26)14-17-8-7-9-19(15-17)33-22(28)12-3-2-6-13-27-23(29)20-10-4-5-11-21(20)24(27)30/h4-5,7-11,14-15H,2-3,6,12-13H2,1H3/b18-14+. The lowest BCUT2D eigenvalue weighted by molar-refractivity contribution is -0.136. The van der Waals surface area contributed by atoms with Crippen LogP contribution in [0.5, 0.6) is 5.75 Å². The van der Waals surface area contributed by atoms with Gasteiger partial charge in [-0.2, -0.15) is 5.26 Å². The van der Waals surface area contributed by atoms with Crippen molar-refractivity contribution in [1.29, 1.82) is 5.26 Å². The van der Waals surface area contributed by atoms with Crippen LogP contribution in [0.15, 0.2) is 54.1 Å². The molecule has 2 amide bonds. The average Bonchev–Trinajstić information content (AvgIpc) is 3.07. The van der Waals surface area contributed by atoms with Crippen LogP contribution < -0.4 is 4.74 Å². The Labute approximate surface area is 191 Å². The zero-order valence-corrected chi connectivity index (χ0v) is 18.1. The number of methoxy groups -OCH3 is 1. The van der Waals surface area contributed by atoms with Gasteiger partial charge in [-0.15, -0.1) is 0 Å². The minimum atomic E-state index is -0.749. The molecule has 1 heterocycles. The van der Waals surface area contributed by atoms with Crippen molar-refractivity contribution >= 4 is 29.8 Å². The molecule has 0 atom stereocenters. The minimum absolute atomic E-state index is 0.168. The monoisotopic (exact) mass is 446 g/mol. The molecule has 168 valence electrons. The summed E-state index contributed by atoms with van der Waals surface area (Å²) in [5.74, 6) is -1.44. The molecule has 0 fully saturated rings. The first-order valence-electron chi connectivity index (χ1n) is 10.4. The zero-order chi connectivity index (χ0) is 23.8. The van der Waals surface area contributed by atoms with Crippen LogP contribution in [0.4, 0.5) is 0 Å². The lowest BCUT2D eigenvalue weighted by Crippen LogP contribution is -2.30. The SMILES string of the molecule is COC(=O)/C(C#N)=C/c1cccc(OC(=O)CCCCCN2C(=O)c3ccccc3C2=O)c1. The predicted octanol–water partition coefficient (Wildman–Crippen LogP) is 3.53. The van der Waals surface area contributed by atoms with E-state index in [0.29, 0.717) is 48.2 Å². The number of ether oxygens (including phenoxy) is 2. The van der Waals surface area contributed by atoms with Crippen molar-refractivity contribution in [3.63, 3.8) is 0 Å². The van der Waals surface area contributed by atoms with Crippen LogP contribution in [0.1, 0.15) is 52.0 Å². The molecule has 2 aromatic rings. The van der Waals surface area contributed by atoms with Crippen LogP contribution in [0, 0.1) is 11.3 Å². The second-order valence-corrected chi connectivity index (χ2v) is 7.33. The molecule has 2 aromatic carbocycles. The fraction of sp³-hybridized carbons (Fsp3) is 0.240. The predicted molar refractivity (Wildman–Crippen MR) is 118 cm³/mol. The van der Waals surface area contributed by atoms with E-state index in [1.165, 1.54) is 18.1 Å². The number of nitrogens with zero attached hydrogens (tertiary/aromatic N) is 2. The van der Waals surface area contributed by atoms with Crippen molar-refractivity contribution in [3.05, 3.63) is 70.8 Å². The highest BCUT2D eigenvalue weighted by Gasteiger charge is 2.34. The van der Waals surface area contributed by atoms with E-state index in [9.17, 15) is 19.2 Å². The van der Waals surface area contributed by atoms with E-state index in [2.05, 4.69) is 4.74 Å². The number of unbranched alkanes of at least 4 members (excludes halogenated alkanes) is 2. The average molecular weight is 446 g/mol. The first kappa shape index (κ1) is 23.4. The molecule has 33 heavy (non-hydrogen) atoms.